The van der Waals surface area contributed by atoms with Crippen LogP contribution >= 0.6 is 23.2 Å². The van der Waals surface area contributed by atoms with Crippen molar-refractivity contribution in [3.63, 3.8) is 0 Å². The number of amides is 1. The summed E-state index contributed by atoms with van der Waals surface area (Å²) < 4.78 is 2.01. The van der Waals surface area contributed by atoms with E-state index in [1.54, 1.807) is 18.2 Å². The minimum Gasteiger partial charge on any atom is -0.325 e. The Bertz CT molecular complexity index is 873. The first-order chi connectivity index (χ1) is 11.0. The van der Waals surface area contributed by atoms with Crippen LogP contribution in [-0.2, 0) is 11.2 Å². The van der Waals surface area contributed by atoms with Gasteiger partial charge in [-0.3, -0.25) is 4.79 Å². The zero-order valence-electron chi connectivity index (χ0n) is 12.5. The van der Waals surface area contributed by atoms with Crippen LogP contribution in [0, 0.1) is 6.92 Å². The van der Waals surface area contributed by atoms with Crippen molar-refractivity contribution < 1.29 is 4.79 Å². The van der Waals surface area contributed by atoms with E-state index < -0.39 is 0 Å². The molecule has 0 aliphatic carbocycles. The first-order valence-corrected chi connectivity index (χ1v) is 7.97. The van der Waals surface area contributed by atoms with Crippen LogP contribution in [0.5, 0.6) is 0 Å². The fourth-order valence-corrected chi connectivity index (χ4v) is 2.84. The Morgan fingerprint density at radius 2 is 2.09 bits per heavy atom. The Morgan fingerprint density at radius 3 is 2.91 bits per heavy atom. The van der Waals surface area contributed by atoms with Gasteiger partial charge in [0.15, 0.2) is 0 Å². The van der Waals surface area contributed by atoms with Crippen LogP contribution in [0.1, 0.15) is 17.8 Å². The molecule has 2 aromatic heterocycles. The molecular weight excluding hydrogens is 333 g/mol. The molecule has 1 N–H and O–H groups in total. The fourth-order valence-electron chi connectivity index (χ4n) is 2.50. The number of imidazole rings is 1. The van der Waals surface area contributed by atoms with E-state index in [4.69, 9.17) is 23.2 Å². The molecule has 3 aromatic rings. The lowest BCUT2D eigenvalue weighted by Crippen LogP contribution is -2.13. The predicted octanol–water partition coefficient (Wildman–Crippen LogP) is 4.52. The van der Waals surface area contributed by atoms with E-state index >= 15 is 0 Å². The average molecular weight is 348 g/mol. The number of fused-ring (bicyclic) bond motifs is 1. The molecule has 0 atom stereocenters. The maximum Gasteiger partial charge on any atom is 0.224 e. The maximum atomic E-state index is 12.2. The van der Waals surface area contributed by atoms with Crippen molar-refractivity contribution in [2.24, 2.45) is 0 Å². The fraction of sp³-hybridized carbons (Fsp3) is 0.176. The van der Waals surface area contributed by atoms with Crippen LogP contribution in [0.25, 0.3) is 5.65 Å². The van der Waals surface area contributed by atoms with E-state index in [1.807, 2.05) is 35.7 Å². The van der Waals surface area contributed by atoms with Gasteiger partial charge in [0.25, 0.3) is 0 Å². The van der Waals surface area contributed by atoms with Gasteiger partial charge in [0, 0.05) is 23.3 Å². The predicted molar refractivity (Wildman–Crippen MR) is 93.3 cm³/mol. The number of hydrogen-bond acceptors (Lipinski definition) is 2. The third-order valence-electron chi connectivity index (χ3n) is 3.62. The molecule has 23 heavy (non-hydrogen) atoms. The standard InChI is InChI=1S/C17H15Cl2N3O/c1-11-15(22-9-3-2-4-16(22)20-11)7-8-17(23)21-14-10-12(18)5-6-13(14)19/h2-6,9-10H,7-8H2,1H3,(H,21,23). The van der Waals surface area contributed by atoms with Crippen LogP contribution in [0.2, 0.25) is 10.0 Å². The van der Waals surface area contributed by atoms with Gasteiger partial charge < -0.3 is 9.72 Å². The average Bonchev–Trinajstić information content (AvgIpc) is 2.84. The van der Waals surface area contributed by atoms with Crippen LogP contribution in [0.3, 0.4) is 0 Å². The highest BCUT2D eigenvalue weighted by atomic mass is 35.5. The molecule has 6 heteroatoms. The number of nitrogens with zero attached hydrogens (tertiary/aromatic N) is 2. The van der Waals surface area contributed by atoms with Crippen LogP contribution in [-0.4, -0.2) is 15.3 Å². The molecule has 0 aliphatic rings. The summed E-state index contributed by atoms with van der Waals surface area (Å²) in [5.41, 5.74) is 3.38. The lowest BCUT2D eigenvalue weighted by atomic mass is 10.2. The highest BCUT2D eigenvalue weighted by Crippen LogP contribution is 2.25. The summed E-state index contributed by atoms with van der Waals surface area (Å²) in [5.74, 6) is -0.112. The Labute approximate surface area is 144 Å². The molecule has 3 rings (SSSR count). The van der Waals surface area contributed by atoms with Crippen LogP contribution in [0.15, 0.2) is 42.6 Å². The van der Waals surface area contributed by atoms with Gasteiger partial charge in [0.2, 0.25) is 5.91 Å². The quantitative estimate of drug-likeness (QED) is 0.753. The Kier molecular flexibility index (Phi) is 4.55. The third kappa shape index (κ3) is 3.49. The summed E-state index contributed by atoms with van der Waals surface area (Å²) in [6, 6.07) is 10.8. The largest absolute Gasteiger partial charge is 0.325 e. The van der Waals surface area contributed by atoms with E-state index in [-0.39, 0.29) is 5.91 Å². The smallest absolute Gasteiger partial charge is 0.224 e. The van der Waals surface area contributed by atoms with Crippen molar-refractivity contribution in [3.8, 4) is 0 Å². The molecular formula is C17H15Cl2N3O. The van der Waals surface area contributed by atoms with Gasteiger partial charge in [-0.05, 0) is 43.7 Å². The summed E-state index contributed by atoms with van der Waals surface area (Å²) >= 11 is 12.0. The molecule has 2 heterocycles. The lowest BCUT2D eigenvalue weighted by molar-refractivity contribution is -0.116. The number of anilines is 1. The molecule has 0 unspecified atom stereocenters. The lowest BCUT2D eigenvalue weighted by Gasteiger charge is -2.08. The van der Waals surface area contributed by atoms with E-state index in [9.17, 15) is 4.79 Å². The SMILES string of the molecule is Cc1nc2ccccn2c1CCC(=O)Nc1cc(Cl)ccc1Cl. The van der Waals surface area contributed by atoms with Crippen molar-refractivity contribution >= 4 is 40.4 Å². The number of benzene rings is 1. The number of aromatic nitrogens is 2. The summed E-state index contributed by atoms with van der Waals surface area (Å²) in [7, 11) is 0. The van der Waals surface area contributed by atoms with E-state index in [1.165, 1.54) is 0 Å². The van der Waals surface area contributed by atoms with E-state index in [2.05, 4.69) is 10.3 Å². The van der Waals surface area contributed by atoms with E-state index in [0.717, 1.165) is 17.0 Å². The molecule has 0 spiro atoms. The minimum absolute atomic E-state index is 0.112. The molecule has 0 radical (unpaired) electrons. The van der Waals surface area contributed by atoms with Crippen molar-refractivity contribution in [1.82, 2.24) is 9.38 Å². The second-order valence-corrected chi connectivity index (χ2v) is 6.09. The number of aryl methyl sites for hydroxylation is 2. The number of carbonyl (C=O) groups excluding carboxylic acids is 1. The van der Waals surface area contributed by atoms with Crippen molar-refractivity contribution in [2.75, 3.05) is 5.32 Å². The van der Waals surface area contributed by atoms with Gasteiger partial charge >= 0.3 is 0 Å². The van der Waals surface area contributed by atoms with Gasteiger partial charge in [0.05, 0.1) is 16.4 Å². The first-order valence-electron chi connectivity index (χ1n) is 7.22. The van der Waals surface area contributed by atoms with Crippen molar-refractivity contribution in [3.05, 3.63) is 64.0 Å². The van der Waals surface area contributed by atoms with Crippen molar-refractivity contribution in [2.45, 2.75) is 19.8 Å². The van der Waals surface area contributed by atoms with Gasteiger partial charge in [-0.15, -0.1) is 0 Å². The van der Waals surface area contributed by atoms with Gasteiger partial charge in [-0.1, -0.05) is 29.3 Å². The molecule has 4 nitrogen and oxygen atoms in total. The minimum atomic E-state index is -0.112. The zero-order valence-corrected chi connectivity index (χ0v) is 14.0. The summed E-state index contributed by atoms with van der Waals surface area (Å²) in [6.45, 7) is 1.95. The number of hydrogen-bond donors (Lipinski definition) is 1. The second kappa shape index (κ2) is 6.60. The maximum absolute atomic E-state index is 12.2. The second-order valence-electron chi connectivity index (χ2n) is 5.25. The highest BCUT2D eigenvalue weighted by Gasteiger charge is 2.11. The molecule has 1 amide bonds. The molecule has 0 aliphatic heterocycles. The number of nitrogens with one attached hydrogen (secondary N) is 1. The third-order valence-corrected chi connectivity index (χ3v) is 4.19. The summed E-state index contributed by atoms with van der Waals surface area (Å²) in [5, 5.41) is 3.79. The molecule has 0 bridgehead atoms. The topological polar surface area (TPSA) is 46.4 Å². The van der Waals surface area contributed by atoms with Crippen molar-refractivity contribution in [1.29, 1.82) is 0 Å². The van der Waals surface area contributed by atoms with Crippen LogP contribution in [0.4, 0.5) is 5.69 Å². The Hall–Kier alpha value is -2.04. The highest BCUT2D eigenvalue weighted by molar-refractivity contribution is 6.35. The monoisotopic (exact) mass is 347 g/mol. The Morgan fingerprint density at radius 1 is 1.26 bits per heavy atom. The molecule has 1 aromatic carbocycles. The van der Waals surface area contributed by atoms with E-state index in [0.29, 0.717) is 28.6 Å². The van der Waals surface area contributed by atoms with Crippen LogP contribution < -0.4 is 5.32 Å². The molecule has 0 saturated heterocycles. The van der Waals surface area contributed by atoms with Gasteiger partial charge in [-0.25, -0.2) is 4.98 Å². The number of rotatable bonds is 4. The number of halogens is 2. The molecule has 118 valence electrons. The van der Waals surface area contributed by atoms with Gasteiger partial charge in [0.1, 0.15) is 5.65 Å². The zero-order chi connectivity index (χ0) is 16.4. The number of pyridine rings is 1. The van der Waals surface area contributed by atoms with Gasteiger partial charge in [-0.2, -0.15) is 0 Å². The molecule has 0 saturated carbocycles. The summed E-state index contributed by atoms with van der Waals surface area (Å²) in [4.78, 5) is 16.7. The first kappa shape index (κ1) is 15.8. The normalized spacial score (nSPS) is 10.9. The Balaban J connectivity index is 1.71. The number of carbonyl (C=O) groups is 1. The molecule has 0 fully saturated rings. The summed E-state index contributed by atoms with van der Waals surface area (Å²) in [6.07, 6.45) is 2.89.